The Kier molecular flexibility index (Phi) is 4.30. The minimum Gasteiger partial charge on any atom is -0.378 e. The molecule has 1 aliphatic heterocycles. The lowest BCUT2D eigenvalue weighted by atomic mass is 9.96. The molecule has 0 aliphatic carbocycles. The van der Waals surface area contributed by atoms with Crippen LogP contribution in [0.1, 0.15) is 42.5 Å². The highest BCUT2D eigenvalue weighted by molar-refractivity contribution is 6.08. The Balaban J connectivity index is 1.77. The van der Waals surface area contributed by atoms with Gasteiger partial charge in [0, 0.05) is 24.0 Å². The second-order valence-corrected chi connectivity index (χ2v) is 5.59. The van der Waals surface area contributed by atoms with Crippen LogP contribution >= 0.6 is 0 Å². The maximum Gasteiger partial charge on any atom is 0.163 e. The van der Waals surface area contributed by atoms with Gasteiger partial charge in [0.2, 0.25) is 0 Å². The third-order valence-corrected chi connectivity index (χ3v) is 4.14. The van der Waals surface area contributed by atoms with Gasteiger partial charge < -0.3 is 4.74 Å². The molecule has 1 aliphatic rings. The highest BCUT2D eigenvalue weighted by atomic mass is 19.1. The molecule has 0 bridgehead atoms. The van der Waals surface area contributed by atoms with E-state index in [1.54, 1.807) is 18.2 Å². The number of ether oxygens (including phenoxy) is 1. The lowest BCUT2D eigenvalue weighted by molar-refractivity contribution is 0.0104. The van der Waals surface area contributed by atoms with Crippen LogP contribution in [0.2, 0.25) is 0 Å². The van der Waals surface area contributed by atoms with Crippen molar-refractivity contribution in [3.8, 4) is 0 Å². The highest BCUT2D eigenvalue weighted by Gasteiger charge is 2.17. The van der Waals surface area contributed by atoms with Crippen LogP contribution in [-0.4, -0.2) is 18.5 Å². The summed E-state index contributed by atoms with van der Waals surface area (Å²) in [4.78, 5) is 12.4. The monoisotopic (exact) mass is 286 g/mol. The van der Waals surface area contributed by atoms with E-state index < -0.39 is 0 Å². The van der Waals surface area contributed by atoms with Crippen LogP contribution in [-0.2, 0) is 4.74 Å². The third-order valence-electron chi connectivity index (χ3n) is 4.14. The van der Waals surface area contributed by atoms with Gasteiger partial charge in [0.15, 0.2) is 5.78 Å². The quantitative estimate of drug-likeness (QED) is 0.773. The summed E-state index contributed by atoms with van der Waals surface area (Å²) < 4.78 is 19.4. The van der Waals surface area contributed by atoms with Gasteiger partial charge in [-0.15, -0.1) is 0 Å². The summed E-state index contributed by atoms with van der Waals surface area (Å²) in [7, 11) is 0. The fourth-order valence-corrected chi connectivity index (χ4v) is 2.97. The largest absolute Gasteiger partial charge is 0.378 e. The Morgan fingerprint density at radius 2 is 1.95 bits per heavy atom. The van der Waals surface area contributed by atoms with E-state index in [0.717, 1.165) is 25.9 Å². The van der Waals surface area contributed by atoms with Gasteiger partial charge in [-0.1, -0.05) is 24.3 Å². The average molecular weight is 286 g/mol. The number of benzene rings is 2. The summed E-state index contributed by atoms with van der Waals surface area (Å²) in [5.74, 6) is -0.210. The lowest BCUT2D eigenvalue weighted by Crippen LogP contribution is -2.20. The van der Waals surface area contributed by atoms with E-state index >= 15 is 0 Å². The van der Waals surface area contributed by atoms with E-state index in [2.05, 4.69) is 0 Å². The summed E-state index contributed by atoms with van der Waals surface area (Å²) in [6, 6.07) is 10.1. The first-order chi connectivity index (χ1) is 10.3. The molecule has 0 saturated carbocycles. The van der Waals surface area contributed by atoms with Gasteiger partial charge >= 0.3 is 0 Å². The van der Waals surface area contributed by atoms with Crippen LogP contribution in [0.25, 0.3) is 10.8 Å². The zero-order chi connectivity index (χ0) is 14.7. The predicted molar refractivity (Wildman–Crippen MR) is 81.1 cm³/mol. The number of fused-ring (bicyclic) bond motifs is 1. The molecule has 1 saturated heterocycles. The van der Waals surface area contributed by atoms with E-state index in [1.165, 1.54) is 12.5 Å². The molecule has 110 valence electrons. The Morgan fingerprint density at radius 3 is 2.71 bits per heavy atom. The molecular formula is C18H19FO2. The van der Waals surface area contributed by atoms with Gasteiger partial charge in [0.25, 0.3) is 0 Å². The van der Waals surface area contributed by atoms with Crippen molar-refractivity contribution in [2.24, 2.45) is 0 Å². The molecule has 1 unspecified atom stereocenters. The molecule has 2 nitrogen and oxygen atoms in total. The normalized spacial score (nSPS) is 18.8. The fourth-order valence-electron chi connectivity index (χ4n) is 2.97. The molecule has 0 amide bonds. The lowest BCUT2D eigenvalue weighted by Gasteiger charge is -2.22. The van der Waals surface area contributed by atoms with Crippen LogP contribution in [0.3, 0.4) is 0 Å². The van der Waals surface area contributed by atoms with Crippen molar-refractivity contribution in [2.45, 2.75) is 38.2 Å². The smallest absolute Gasteiger partial charge is 0.163 e. The Hall–Kier alpha value is -1.74. The van der Waals surface area contributed by atoms with E-state index in [0.29, 0.717) is 22.8 Å². The van der Waals surface area contributed by atoms with Gasteiger partial charge in [-0.2, -0.15) is 0 Å². The molecule has 1 heterocycles. The highest BCUT2D eigenvalue weighted by Crippen LogP contribution is 2.24. The Bertz CT molecular complexity index is 645. The first kappa shape index (κ1) is 14.2. The summed E-state index contributed by atoms with van der Waals surface area (Å²) in [6.07, 6.45) is 4.75. The minimum absolute atomic E-state index is 0.0698. The SMILES string of the molecule is O=C(CCC1CCCCO1)c1ccc(F)c2ccccc12. The summed E-state index contributed by atoms with van der Waals surface area (Å²) in [5, 5.41) is 1.21. The minimum atomic E-state index is -0.280. The topological polar surface area (TPSA) is 26.3 Å². The molecule has 0 spiro atoms. The number of ketones is 1. The predicted octanol–water partition coefficient (Wildman–Crippen LogP) is 4.51. The molecular weight excluding hydrogens is 267 g/mol. The maximum atomic E-state index is 13.8. The summed E-state index contributed by atoms with van der Waals surface area (Å²) in [5.41, 5.74) is 0.614. The van der Waals surface area contributed by atoms with E-state index in [-0.39, 0.29) is 17.7 Å². The van der Waals surface area contributed by atoms with Crippen LogP contribution in [0.5, 0.6) is 0 Å². The van der Waals surface area contributed by atoms with Crippen LogP contribution < -0.4 is 0 Å². The van der Waals surface area contributed by atoms with Crippen molar-refractivity contribution in [3.05, 3.63) is 47.8 Å². The third kappa shape index (κ3) is 3.13. The number of carbonyl (C=O) groups excluding carboxylic acids is 1. The molecule has 0 N–H and O–H groups in total. The molecule has 3 rings (SSSR count). The molecule has 2 aromatic carbocycles. The van der Waals surface area contributed by atoms with Crippen molar-refractivity contribution in [1.29, 1.82) is 0 Å². The Morgan fingerprint density at radius 1 is 1.14 bits per heavy atom. The second kappa shape index (κ2) is 6.35. The van der Waals surface area contributed by atoms with Gasteiger partial charge in [-0.3, -0.25) is 4.79 Å². The number of carbonyl (C=O) groups is 1. The van der Waals surface area contributed by atoms with Crippen LogP contribution in [0.15, 0.2) is 36.4 Å². The van der Waals surface area contributed by atoms with Crippen LogP contribution in [0, 0.1) is 5.82 Å². The molecule has 1 atom stereocenters. The van der Waals surface area contributed by atoms with Crippen LogP contribution in [0.4, 0.5) is 4.39 Å². The molecule has 2 aromatic rings. The second-order valence-electron chi connectivity index (χ2n) is 5.59. The number of hydrogen-bond donors (Lipinski definition) is 0. The molecule has 0 aromatic heterocycles. The number of halogens is 1. The van der Waals surface area contributed by atoms with E-state index in [9.17, 15) is 9.18 Å². The first-order valence-electron chi connectivity index (χ1n) is 7.58. The first-order valence-corrected chi connectivity index (χ1v) is 7.58. The zero-order valence-corrected chi connectivity index (χ0v) is 12.0. The standard InChI is InChI=1S/C18H19FO2/c19-17-10-9-16(14-6-1-2-7-15(14)17)18(20)11-8-13-5-3-4-12-21-13/h1-2,6-7,9-10,13H,3-5,8,11-12H2. The maximum absolute atomic E-state index is 13.8. The van der Waals surface area contributed by atoms with Crippen molar-refractivity contribution in [2.75, 3.05) is 6.61 Å². The average Bonchev–Trinajstić information content (AvgIpc) is 2.54. The van der Waals surface area contributed by atoms with E-state index in [1.807, 2.05) is 12.1 Å². The van der Waals surface area contributed by atoms with Gasteiger partial charge in [-0.25, -0.2) is 4.39 Å². The van der Waals surface area contributed by atoms with Crippen molar-refractivity contribution < 1.29 is 13.9 Å². The zero-order valence-electron chi connectivity index (χ0n) is 12.0. The van der Waals surface area contributed by atoms with Crippen molar-refractivity contribution in [1.82, 2.24) is 0 Å². The molecule has 0 radical (unpaired) electrons. The van der Waals surface area contributed by atoms with Gasteiger partial charge in [0.1, 0.15) is 5.82 Å². The Labute approximate surface area is 123 Å². The van der Waals surface area contributed by atoms with Crippen molar-refractivity contribution in [3.63, 3.8) is 0 Å². The molecule has 3 heteroatoms. The number of rotatable bonds is 4. The molecule has 1 fully saturated rings. The van der Waals surface area contributed by atoms with E-state index in [4.69, 9.17) is 4.74 Å². The number of hydrogen-bond acceptors (Lipinski definition) is 2. The number of Topliss-reactive ketones (excluding diaryl/α,β-unsaturated/α-hetero) is 1. The van der Waals surface area contributed by atoms with Gasteiger partial charge in [0.05, 0.1) is 6.10 Å². The van der Waals surface area contributed by atoms with Crippen molar-refractivity contribution >= 4 is 16.6 Å². The fraction of sp³-hybridized carbons (Fsp3) is 0.389. The summed E-state index contributed by atoms with van der Waals surface area (Å²) in [6.45, 7) is 0.804. The summed E-state index contributed by atoms with van der Waals surface area (Å²) >= 11 is 0. The van der Waals surface area contributed by atoms with Gasteiger partial charge in [-0.05, 0) is 43.2 Å². The molecule has 21 heavy (non-hydrogen) atoms.